The van der Waals surface area contributed by atoms with E-state index in [0.717, 1.165) is 11.1 Å². The summed E-state index contributed by atoms with van der Waals surface area (Å²) in [5.41, 5.74) is 3.26. The van der Waals surface area contributed by atoms with Crippen LogP contribution in [0.2, 0.25) is 0 Å². The smallest absolute Gasteiger partial charge is 0.414 e. The Balaban J connectivity index is 1.68. The molecule has 37 heavy (non-hydrogen) atoms. The number of carbonyl (C=O) groups excluding carboxylic acids is 2. The van der Waals surface area contributed by atoms with Crippen molar-refractivity contribution in [3.05, 3.63) is 102 Å². The molecule has 6 heteroatoms. The first kappa shape index (κ1) is 27.9. The van der Waals surface area contributed by atoms with Gasteiger partial charge >= 0.3 is 12.1 Å². The van der Waals surface area contributed by atoms with Gasteiger partial charge in [0, 0.05) is 25.3 Å². The van der Waals surface area contributed by atoms with Crippen LogP contribution in [0.5, 0.6) is 0 Å². The molecule has 0 unspecified atom stereocenters. The zero-order chi connectivity index (χ0) is 26.8. The van der Waals surface area contributed by atoms with E-state index in [-0.39, 0.29) is 31.0 Å². The molecule has 3 rings (SSSR count). The number of rotatable bonds is 10. The lowest BCUT2D eigenvalue weighted by Crippen LogP contribution is -2.31. The summed E-state index contributed by atoms with van der Waals surface area (Å²) in [6.45, 7) is 8.67. The maximum Gasteiger partial charge on any atom is 0.414 e. The van der Waals surface area contributed by atoms with Crippen molar-refractivity contribution in [1.29, 1.82) is 0 Å². The lowest BCUT2D eigenvalue weighted by Gasteiger charge is -2.25. The van der Waals surface area contributed by atoms with E-state index < -0.39 is 11.7 Å². The van der Waals surface area contributed by atoms with E-state index in [9.17, 15) is 9.59 Å². The van der Waals surface area contributed by atoms with Gasteiger partial charge < -0.3 is 14.8 Å². The summed E-state index contributed by atoms with van der Waals surface area (Å²) < 4.78 is 11.0. The lowest BCUT2D eigenvalue weighted by molar-refractivity contribution is -0.155. The van der Waals surface area contributed by atoms with Gasteiger partial charge in [-0.2, -0.15) is 0 Å². The third-order valence-corrected chi connectivity index (χ3v) is 5.99. The number of nitrogens with zero attached hydrogens (tertiary/aromatic N) is 1. The second-order valence-electron chi connectivity index (χ2n) is 10.3. The molecule has 0 fully saturated rings. The van der Waals surface area contributed by atoms with Crippen LogP contribution in [0.1, 0.15) is 62.8 Å². The molecule has 0 radical (unpaired) electrons. The van der Waals surface area contributed by atoms with Crippen LogP contribution in [0.15, 0.2) is 84.9 Å². The molecule has 1 N–H and O–H groups in total. The highest BCUT2D eigenvalue weighted by Crippen LogP contribution is 2.24. The topological polar surface area (TPSA) is 67.9 Å². The van der Waals surface area contributed by atoms with Crippen molar-refractivity contribution in [2.45, 2.75) is 58.3 Å². The zero-order valence-electron chi connectivity index (χ0n) is 22.4. The molecular weight excluding hydrogens is 464 g/mol. The van der Waals surface area contributed by atoms with E-state index in [1.54, 1.807) is 7.05 Å². The molecule has 1 amide bonds. The van der Waals surface area contributed by atoms with Gasteiger partial charge in [0.25, 0.3) is 0 Å². The van der Waals surface area contributed by atoms with Gasteiger partial charge in [0.05, 0.1) is 6.42 Å². The Kier molecular flexibility index (Phi) is 9.86. The lowest BCUT2D eigenvalue weighted by atomic mass is 9.98. The second-order valence-corrected chi connectivity index (χ2v) is 10.3. The van der Waals surface area contributed by atoms with Crippen LogP contribution in [0.4, 0.5) is 10.5 Å². The molecule has 0 aromatic heterocycles. The van der Waals surface area contributed by atoms with Gasteiger partial charge in [-0.3, -0.25) is 9.69 Å². The first-order valence-corrected chi connectivity index (χ1v) is 12.7. The van der Waals surface area contributed by atoms with Crippen LogP contribution >= 0.6 is 0 Å². The van der Waals surface area contributed by atoms with Crippen molar-refractivity contribution in [1.82, 2.24) is 5.32 Å². The van der Waals surface area contributed by atoms with Gasteiger partial charge in [0.2, 0.25) is 0 Å². The fourth-order valence-electron chi connectivity index (χ4n) is 3.93. The normalized spacial score (nSPS) is 12.9. The molecule has 0 bridgehead atoms. The van der Waals surface area contributed by atoms with Crippen molar-refractivity contribution in [2.75, 3.05) is 18.5 Å². The molecule has 0 aliphatic carbocycles. The standard InChI is InChI=1S/C31H38N2O4/c1-23(25-14-10-7-11-15-25)21-32-28(20-29(34)37-31(2,3)4)26-16-18-27(19-17-26)33(5)30(35)36-22-24-12-8-6-9-13-24/h6-19,23,28,32H,20-22H2,1-5H3/t23-,28-/m1/s1. The van der Waals surface area contributed by atoms with E-state index in [2.05, 4.69) is 24.4 Å². The maximum atomic E-state index is 12.7. The van der Waals surface area contributed by atoms with Gasteiger partial charge in [-0.05, 0) is 55.5 Å². The first-order valence-electron chi connectivity index (χ1n) is 12.7. The third kappa shape index (κ3) is 9.07. The fourth-order valence-corrected chi connectivity index (χ4v) is 3.93. The largest absolute Gasteiger partial charge is 0.460 e. The number of esters is 1. The van der Waals surface area contributed by atoms with Crippen molar-refractivity contribution in [3.63, 3.8) is 0 Å². The molecule has 0 saturated carbocycles. The van der Waals surface area contributed by atoms with E-state index in [4.69, 9.17) is 9.47 Å². The van der Waals surface area contributed by atoms with Gasteiger partial charge in [-0.25, -0.2) is 4.79 Å². The second kappa shape index (κ2) is 13.1. The van der Waals surface area contributed by atoms with Crippen molar-refractivity contribution in [2.24, 2.45) is 0 Å². The third-order valence-electron chi connectivity index (χ3n) is 5.99. The molecule has 0 aliphatic rings. The monoisotopic (exact) mass is 502 g/mol. The molecule has 6 nitrogen and oxygen atoms in total. The molecule has 0 aliphatic heterocycles. The quantitative estimate of drug-likeness (QED) is 0.315. The summed E-state index contributed by atoms with van der Waals surface area (Å²) >= 11 is 0. The number of hydrogen-bond donors (Lipinski definition) is 1. The number of nitrogens with one attached hydrogen (secondary N) is 1. The molecule has 3 aromatic carbocycles. The summed E-state index contributed by atoms with van der Waals surface area (Å²) in [7, 11) is 1.68. The average molecular weight is 503 g/mol. The minimum Gasteiger partial charge on any atom is -0.460 e. The van der Waals surface area contributed by atoms with Gasteiger partial charge in [0.15, 0.2) is 0 Å². The number of anilines is 1. The number of hydrogen-bond acceptors (Lipinski definition) is 5. The number of amides is 1. The highest BCUT2D eigenvalue weighted by molar-refractivity contribution is 5.87. The Bertz CT molecular complexity index is 1130. The summed E-state index contributed by atoms with van der Waals surface area (Å²) in [4.78, 5) is 26.7. The molecule has 0 saturated heterocycles. The summed E-state index contributed by atoms with van der Waals surface area (Å²) in [6, 6.07) is 27.2. The Labute approximate surface area is 220 Å². The summed E-state index contributed by atoms with van der Waals surface area (Å²) in [6.07, 6.45) is -0.232. The highest BCUT2D eigenvalue weighted by atomic mass is 16.6. The number of benzene rings is 3. The number of carbonyl (C=O) groups is 2. The molecule has 2 atom stereocenters. The van der Waals surface area contributed by atoms with Crippen LogP contribution in [0.3, 0.4) is 0 Å². The van der Waals surface area contributed by atoms with Crippen LogP contribution in [0, 0.1) is 0 Å². The van der Waals surface area contributed by atoms with E-state index in [0.29, 0.717) is 12.2 Å². The van der Waals surface area contributed by atoms with Crippen LogP contribution in [-0.4, -0.2) is 31.3 Å². The van der Waals surface area contributed by atoms with E-state index >= 15 is 0 Å². The minimum atomic E-state index is -0.550. The Morgan fingerprint density at radius 2 is 1.46 bits per heavy atom. The van der Waals surface area contributed by atoms with Crippen LogP contribution in [-0.2, 0) is 20.9 Å². The van der Waals surface area contributed by atoms with Gasteiger partial charge in [-0.15, -0.1) is 0 Å². The summed E-state index contributed by atoms with van der Waals surface area (Å²) in [5, 5.41) is 3.55. The van der Waals surface area contributed by atoms with Crippen LogP contribution in [0.25, 0.3) is 0 Å². The Morgan fingerprint density at radius 1 is 0.865 bits per heavy atom. The van der Waals surface area contributed by atoms with Crippen LogP contribution < -0.4 is 10.2 Å². The fraction of sp³-hybridized carbons (Fsp3) is 0.355. The highest BCUT2D eigenvalue weighted by Gasteiger charge is 2.23. The van der Waals surface area contributed by atoms with Crippen molar-refractivity contribution in [3.8, 4) is 0 Å². The molecule has 0 spiro atoms. The minimum absolute atomic E-state index is 0.201. The summed E-state index contributed by atoms with van der Waals surface area (Å²) in [5.74, 6) is 0.00942. The Morgan fingerprint density at radius 3 is 2.05 bits per heavy atom. The predicted molar refractivity (Wildman–Crippen MR) is 148 cm³/mol. The maximum absolute atomic E-state index is 12.7. The van der Waals surface area contributed by atoms with Gasteiger partial charge in [-0.1, -0.05) is 79.7 Å². The average Bonchev–Trinajstić information content (AvgIpc) is 2.89. The molecule has 0 heterocycles. The predicted octanol–water partition coefficient (Wildman–Crippen LogP) is 6.63. The zero-order valence-corrected chi connectivity index (χ0v) is 22.4. The number of ether oxygens (including phenoxy) is 2. The van der Waals surface area contributed by atoms with Crippen molar-refractivity contribution < 1.29 is 19.1 Å². The Hall–Kier alpha value is -3.64. The van der Waals surface area contributed by atoms with Gasteiger partial charge in [0.1, 0.15) is 12.2 Å². The first-order chi connectivity index (χ1) is 17.6. The van der Waals surface area contributed by atoms with E-state index in [1.807, 2.05) is 93.6 Å². The van der Waals surface area contributed by atoms with E-state index in [1.165, 1.54) is 10.5 Å². The molecular formula is C31H38N2O4. The van der Waals surface area contributed by atoms with Crippen molar-refractivity contribution >= 4 is 17.7 Å². The SMILES string of the molecule is C[C@H](CN[C@H](CC(=O)OC(C)(C)C)c1ccc(N(C)C(=O)OCc2ccccc2)cc1)c1ccccc1. The molecule has 196 valence electrons. The molecule has 3 aromatic rings.